The number of fused-ring (bicyclic) bond motifs is 5. The third-order valence-electron chi connectivity index (χ3n) is 15.8. The molecule has 3 aliphatic carbocycles. The molecule has 7 rings (SSSR count). The number of nitrogens with zero attached hydrogens (tertiary/aromatic N) is 1. The van der Waals surface area contributed by atoms with Gasteiger partial charge in [-0.15, -0.1) is 0 Å². The van der Waals surface area contributed by atoms with Crippen molar-refractivity contribution in [3.05, 3.63) is 35.9 Å². The summed E-state index contributed by atoms with van der Waals surface area (Å²) in [4.78, 5) is 44.3. The van der Waals surface area contributed by atoms with Gasteiger partial charge in [0.25, 0.3) is 0 Å². The van der Waals surface area contributed by atoms with Gasteiger partial charge < -0.3 is 58.0 Å². The van der Waals surface area contributed by atoms with Gasteiger partial charge in [0, 0.05) is 50.6 Å². The highest BCUT2D eigenvalue weighted by molar-refractivity contribution is 5.99. The maximum Gasteiger partial charge on any atom is 0.412 e. The lowest BCUT2D eigenvalue weighted by Crippen LogP contribution is -2.59. The van der Waals surface area contributed by atoms with E-state index in [1.807, 2.05) is 32.9 Å². The van der Waals surface area contributed by atoms with Gasteiger partial charge >= 0.3 is 12.1 Å². The number of carbonyl (C=O) groups excluding carboxylic acids is 3. The number of hydrogen-bond acceptors (Lipinski definition) is 15. The third kappa shape index (κ3) is 11.8. The van der Waals surface area contributed by atoms with Crippen molar-refractivity contribution in [1.29, 1.82) is 0 Å². The van der Waals surface area contributed by atoms with Gasteiger partial charge in [-0.1, -0.05) is 19.9 Å². The van der Waals surface area contributed by atoms with E-state index in [-0.39, 0.29) is 78.4 Å². The zero-order valence-corrected chi connectivity index (χ0v) is 42.5. The van der Waals surface area contributed by atoms with Gasteiger partial charge in [-0.05, 0) is 154 Å². The number of esters is 1. The molecule has 6 aliphatic rings. The largest absolute Gasteiger partial charge is 0.462 e. The molecule has 1 aromatic carbocycles. The minimum atomic E-state index is -0.892. The Hall–Kier alpha value is -3.19. The van der Waals surface area contributed by atoms with Gasteiger partial charge in [-0.3, -0.25) is 14.9 Å². The fourth-order valence-corrected chi connectivity index (χ4v) is 12.5. The van der Waals surface area contributed by atoms with E-state index in [0.29, 0.717) is 49.1 Å². The molecule has 1 amide bonds. The van der Waals surface area contributed by atoms with E-state index in [0.717, 1.165) is 19.3 Å². The first-order valence-corrected chi connectivity index (χ1v) is 25.2. The summed E-state index contributed by atoms with van der Waals surface area (Å²) in [7, 11) is 8.99. The first kappa shape index (κ1) is 52.6. The highest BCUT2D eigenvalue weighted by Gasteiger charge is 2.60. The van der Waals surface area contributed by atoms with Gasteiger partial charge in [0.2, 0.25) is 0 Å². The molecular formula is C52H81N3O13. The molecule has 0 bridgehead atoms. The molecule has 0 spiro atoms. The maximum absolute atomic E-state index is 15.3. The molecule has 4 unspecified atom stereocenters. The van der Waals surface area contributed by atoms with Crippen LogP contribution in [-0.4, -0.2) is 148 Å². The van der Waals surface area contributed by atoms with E-state index < -0.39 is 66.6 Å². The molecule has 1 aromatic rings. The highest BCUT2D eigenvalue weighted by atomic mass is 16.7. The smallest absolute Gasteiger partial charge is 0.412 e. The Kier molecular flexibility index (Phi) is 17.4. The van der Waals surface area contributed by atoms with Crippen molar-refractivity contribution in [2.24, 2.45) is 35.5 Å². The van der Waals surface area contributed by atoms with Crippen LogP contribution in [0.4, 0.5) is 16.2 Å². The average Bonchev–Trinajstić information content (AvgIpc) is 3.87. The molecule has 68 heavy (non-hydrogen) atoms. The molecule has 2 saturated carbocycles. The number of ketones is 1. The molecule has 16 nitrogen and oxygen atoms in total. The Morgan fingerprint density at radius 1 is 0.853 bits per heavy atom. The molecule has 5 fully saturated rings. The molecule has 3 aliphatic heterocycles. The molecular weight excluding hydrogens is 875 g/mol. The lowest BCUT2D eigenvalue weighted by Gasteiger charge is -2.47. The van der Waals surface area contributed by atoms with E-state index >= 15 is 4.79 Å². The molecule has 3 N–H and O–H groups in total. The summed E-state index contributed by atoms with van der Waals surface area (Å²) in [6.07, 6.45) is 2.12. The number of hydrogen-bond donors (Lipinski definition) is 3. The van der Waals surface area contributed by atoms with Crippen molar-refractivity contribution in [2.75, 3.05) is 46.1 Å². The van der Waals surface area contributed by atoms with Crippen LogP contribution in [0.5, 0.6) is 0 Å². The van der Waals surface area contributed by atoms with Crippen molar-refractivity contribution >= 4 is 29.2 Å². The van der Waals surface area contributed by atoms with Crippen LogP contribution in [0.1, 0.15) is 106 Å². The zero-order valence-electron chi connectivity index (χ0n) is 42.5. The Balaban J connectivity index is 1.21. The maximum atomic E-state index is 15.3. The lowest BCUT2D eigenvalue weighted by atomic mass is 9.62. The van der Waals surface area contributed by atoms with Crippen LogP contribution < -0.4 is 10.6 Å². The number of benzene rings is 1. The number of likely N-dealkylation sites (N-methyl/N-ethyl adjacent to an activating group) is 1. The summed E-state index contributed by atoms with van der Waals surface area (Å²) in [5.41, 5.74) is 1.18. The minimum absolute atomic E-state index is 0.00792. The van der Waals surface area contributed by atoms with Crippen LogP contribution >= 0.6 is 0 Å². The van der Waals surface area contributed by atoms with Crippen LogP contribution in [0.3, 0.4) is 0 Å². The summed E-state index contributed by atoms with van der Waals surface area (Å²) >= 11 is 0. The van der Waals surface area contributed by atoms with Crippen LogP contribution in [0.2, 0.25) is 0 Å². The van der Waals surface area contributed by atoms with Gasteiger partial charge in [0.05, 0.1) is 43.0 Å². The number of Topliss-reactive ketones (excluding diaryl/α,β-unsaturated/α-hetero) is 1. The second-order valence-corrected chi connectivity index (χ2v) is 21.5. The lowest BCUT2D eigenvalue weighted by molar-refractivity contribution is -0.314. The Morgan fingerprint density at radius 2 is 1.53 bits per heavy atom. The predicted molar refractivity (Wildman–Crippen MR) is 255 cm³/mol. The van der Waals surface area contributed by atoms with Crippen molar-refractivity contribution in [3.8, 4) is 0 Å². The Labute approximate surface area is 404 Å². The molecule has 0 aromatic heterocycles. The molecule has 3 heterocycles. The Morgan fingerprint density at radius 3 is 2.16 bits per heavy atom. The molecule has 19 atom stereocenters. The van der Waals surface area contributed by atoms with E-state index in [1.54, 1.807) is 54.2 Å². The number of aliphatic hydroxyl groups is 1. The van der Waals surface area contributed by atoms with Crippen LogP contribution in [0, 0.1) is 35.5 Å². The van der Waals surface area contributed by atoms with Crippen LogP contribution in [-0.2, 0) is 52.2 Å². The van der Waals surface area contributed by atoms with Crippen molar-refractivity contribution in [2.45, 2.75) is 191 Å². The number of rotatable bonds is 12. The zero-order chi connectivity index (χ0) is 49.2. The quantitative estimate of drug-likeness (QED) is 0.180. The molecule has 3 saturated heterocycles. The number of nitrogens with one attached hydrogen (secondary N) is 2. The van der Waals surface area contributed by atoms with E-state index in [2.05, 4.69) is 42.6 Å². The van der Waals surface area contributed by atoms with Gasteiger partial charge in [-0.2, -0.15) is 0 Å². The third-order valence-corrected chi connectivity index (χ3v) is 15.8. The average molecular weight is 956 g/mol. The molecule has 16 heteroatoms. The van der Waals surface area contributed by atoms with Crippen molar-refractivity contribution in [1.82, 2.24) is 4.90 Å². The monoisotopic (exact) mass is 956 g/mol. The number of amides is 1. The fraction of sp³-hybridized carbons (Fsp3) is 0.788. The predicted octanol–water partition coefficient (Wildman–Crippen LogP) is 7.12. The topological polar surface area (TPSA) is 182 Å². The summed E-state index contributed by atoms with van der Waals surface area (Å²) in [5, 5.41) is 19.2. The summed E-state index contributed by atoms with van der Waals surface area (Å²) in [6, 6.07) is 6.94. The summed E-state index contributed by atoms with van der Waals surface area (Å²) in [5.74, 6) is -2.36. The number of aliphatic hydroxyl groups excluding tert-OH is 1. The summed E-state index contributed by atoms with van der Waals surface area (Å²) < 4.78 is 55.8. The van der Waals surface area contributed by atoms with E-state index in [4.69, 9.17) is 42.6 Å². The number of methoxy groups -OCH3 is 3. The van der Waals surface area contributed by atoms with Gasteiger partial charge in [-0.25, -0.2) is 4.79 Å². The van der Waals surface area contributed by atoms with Gasteiger partial charge in [0.15, 0.2) is 18.4 Å². The van der Waals surface area contributed by atoms with Crippen LogP contribution in [0.25, 0.3) is 0 Å². The number of cyclic esters (lactones) is 1. The first-order valence-electron chi connectivity index (χ1n) is 25.2. The standard InChI is InChI=1S/C52H81N3O13/c1-13-32-15-14-16-40(67-42-22-21-39(55(8)9)28(3)63-42)27(2)45(57)38-25-35-34-23-33(66-50-49(62-12)48(61-11)47(60-10)29(4)64-50)24-37(34)46(58)44(43(35)36(38)26-41(56)65-32)53-30-17-19-31(20-18-30)54-51(59)68-52(5,6)7/h17-20,25,27-29,32-37,39-40,42-44,46-50,53,58H,13-16,21-24,26H2,1-12H3,(H,54,59)/t27-,28?,29?,32+,33+,34+,35+,36-,37-,39+,40+,42+,43-,44-,46-,47+,48?,49?,50+/m1/s1. The second kappa shape index (κ2) is 22.5. The molecule has 382 valence electrons. The Bertz CT molecular complexity index is 1890. The fourth-order valence-electron chi connectivity index (χ4n) is 12.5. The number of carbonyl (C=O) groups is 3. The number of anilines is 2. The van der Waals surface area contributed by atoms with E-state index in [9.17, 15) is 14.7 Å². The SMILES string of the molecule is CC[C@H]1CCC[C@H](O[C@H]2CC[C@H](N(C)C)C(C)O2)[C@@H](C)C(=O)C2=C[C@H]3[C@@H]4C[C@H](O[C@@H]5OC(C)[C@H](OC)C(OC)C5OC)C[C@H]4[C@@H](O)[C@H](Nc4ccc(NC(=O)OC(C)(C)C)cc4)[C@H]3[C@@H]2CC(=O)O1. The first-order chi connectivity index (χ1) is 32.3. The van der Waals surface area contributed by atoms with E-state index in [1.165, 1.54) is 0 Å². The van der Waals surface area contributed by atoms with Crippen molar-refractivity contribution in [3.63, 3.8) is 0 Å². The minimum Gasteiger partial charge on any atom is -0.462 e. The van der Waals surface area contributed by atoms with Crippen LogP contribution in [0.15, 0.2) is 35.9 Å². The highest BCUT2D eigenvalue weighted by Crippen LogP contribution is 2.57. The second-order valence-electron chi connectivity index (χ2n) is 21.5. The van der Waals surface area contributed by atoms with Gasteiger partial charge in [0.1, 0.15) is 30.0 Å². The summed E-state index contributed by atoms with van der Waals surface area (Å²) in [6.45, 7) is 13.4. The number of ether oxygens (including phenoxy) is 9. The normalized spacial score (nSPS) is 40.2. The number of allylic oxidation sites excluding steroid dienone is 2. The molecule has 0 radical (unpaired) electrons. The van der Waals surface area contributed by atoms with Crippen molar-refractivity contribution < 1.29 is 62.1 Å².